The van der Waals surface area contributed by atoms with Gasteiger partial charge in [0, 0.05) is 38.1 Å². The van der Waals surface area contributed by atoms with Crippen molar-refractivity contribution in [1.82, 2.24) is 9.29 Å². The number of rotatable bonds is 7. The maximum atomic E-state index is 13.0. The fourth-order valence-electron chi connectivity index (χ4n) is 3.61. The predicted octanol–water partition coefficient (Wildman–Crippen LogP) is 4.01. The minimum Gasteiger partial charge on any atom is -0.356 e. The monoisotopic (exact) mass is 450 g/mol. The highest BCUT2D eigenvalue weighted by Crippen LogP contribution is 2.29. The molecule has 0 bridgehead atoms. The molecule has 0 spiro atoms. The first-order valence-corrected chi connectivity index (χ1v) is 12.0. The second-order valence-electron chi connectivity index (χ2n) is 7.11. The lowest BCUT2D eigenvalue weighted by molar-refractivity contribution is 0.102. The number of hydrogen-bond donors (Lipinski definition) is 1. The number of anilines is 2. The summed E-state index contributed by atoms with van der Waals surface area (Å²) >= 11 is 6.18. The van der Waals surface area contributed by atoms with Crippen molar-refractivity contribution in [1.29, 1.82) is 0 Å². The van der Waals surface area contributed by atoms with Gasteiger partial charge in [-0.1, -0.05) is 25.4 Å². The molecule has 2 aromatic rings. The Kier molecular flexibility index (Phi) is 7.33. The first-order valence-electron chi connectivity index (χ1n) is 10.2. The maximum Gasteiger partial charge on any atom is 0.259 e. The lowest BCUT2D eigenvalue weighted by Gasteiger charge is -2.29. The average molecular weight is 451 g/mol. The second-order valence-corrected chi connectivity index (χ2v) is 9.42. The number of piperidine rings is 1. The van der Waals surface area contributed by atoms with E-state index in [-0.39, 0.29) is 15.8 Å². The van der Waals surface area contributed by atoms with Crippen LogP contribution in [-0.4, -0.2) is 49.8 Å². The molecule has 1 aromatic heterocycles. The first-order chi connectivity index (χ1) is 14.4. The van der Waals surface area contributed by atoms with E-state index in [1.54, 1.807) is 38.2 Å². The standard InChI is InChI=1S/C21H27ClN4O3S/c1-3-26(4-2)30(28,29)19-15-16(10-11-18(19)22)24-21(27)17-9-8-12-23-20(17)25-13-6-5-7-14-25/h8-12,15H,3-7,13-14H2,1-2H3,(H,24,27). The van der Waals surface area contributed by atoms with Crippen LogP contribution in [0.25, 0.3) is 0 Å². The molecule has 3 rings (SSSR count). The van der Waals surface area contributed by atoms with Gasteiger partial charge in [0.25, 0.3) is 5.91 Å². The molecule has 162 valence electrons. The number of pyridine rings is 1. The molecule has 0 saturated carbocycles. The number of nitrogens with one attached hydrogen (secondary N) is 1. The fourth-order valence-corrected chi connectivity index (χ4v) is 5.57. The van der Waals surface area contributed by atoms with Crippen LogP contribution in [0.5, 0.6) is 0 Å². The molecule has 1 N–H and O–H groups in total. The zero-order valence-electron chi connectivity index (χ0n) is 17.3. The van der Waals surface area contributed by atoms with E-state index in [2.05, 4.69) is 15.2 Å². The predicted molar refractivity (Wildman–Crippen MR) is 120 cm³/mol. The Labute approximate surface area is 183 Å². The van der Waals surface area contributed by atoms with Crippen molar-refractivity contribution in [2.24, 2.45) is 0 Å². The Morgan fingerprint density at radius 3 is 2.53 bits per heavy atom. The lowest BCUT2D eigenvalue weighted by Crippen LogP contribution is -2.32. The summed E-state index contributed by atoms with van der Waals surface area (Å²) in [7, 11) is -3.75. The molecule has 1 fully saturated rings. The Balaban J connectivity index is 1.88. The summed E-state index contributed by atoms with van der Waals surface area (Å²) in [6.07, 6.45) is 5.00. The molecule has 9 heteroatoms. The van der Waals surface area contributed by atoms with Crippen LogP contribution in [0.2, 0.25) is 5.02 Å². The van der Waals surface area contributed by atoms with Crippen LogP contribution in [0.4, 0.5) is 11.5 Å². The molecular weight excluding hydrogens is 424 g/mol. The zero-order chi connectivity index (χ0) is 21.7. The number of carbonyl (C=O) groups is 1. The molecule has 1 amide bonds. The number of amides is 1. The van der Waals surface area contributed by atoms with E-state index < -0.39 is 10.0 Å². The van der Waals surface area contributed by atoms with E-state index in [1.165, 1.54) is 22.9 Å². The van der Waals surface area contributed by atoms with Crippen molar-refractivity contribution < 1.29 is 13.2 Å². The molecule has 0 radical (unpaired) electrons. The van der Waals surface area contributed by atoms with E-state index in [1.807, 2.05) is 0 Å². The van der Waals surface area contributed by atoms with Gasteiger partial charge in [0.2, 0.25) is 10.0 Å². The summed E-state index contributed by atoms with van der Waals surface area (Å²) in [6, 6.07) is 7.95. The van der Waals surface area contributed by atoms with Gasteiger partial charge in [0.1, 0.15) is 10.7 Å². The summed E-state index contributed by atoms with van der Waals surface area (Å²) in [6.45, 7) is 5.94. The normalized spacial score (nSPS) is 14.7. The SMILES string of the molecule is CCN(CC)S(=O)(=O)c1cc(NC(=O)c2cccnc2N2CCCCC2)ccc1Cl. The second kappa shape index (κ2) is 9.76. The third-order valence-electron chi connectivity index (χ3n) is 5.20. The average Bonchev–Trinajstić information content (AvgIpc) is 2.76. The van der Waals surface area contributed by atoms with Gasteiger partial charge in [-0.15, -0.1) is 0 Å². The summed E-state index contributed by atoms with van der Waals surface area (Å²) in [5, 5.41) is 2.93. The minimum absolute atomic E-state index is 0.0203. The van der Waals surface area contributed by atoms with Gasteiger partial charge in [-0.05, 0) is 49.6 Å². The van der Waals surface area contributed by atoms with Crippen molar-refractivity contribution in [2.45, 2.75) is 38.0 Å². The first kappa shape index (κ1) is 22.5. The molecule has 7 nitrogen and oxygen atoms in total. The minimum atomic E-state index is -3.75. The number of benzene rings is 1. The molecule has 0 atom stereocenters. The summed E-state index contributed by atoms with van der Waals surface area (Å²) in [4.78, 5) is 19.5. The van der Waals surface area contributed by atoms with Gasteiger partial charge in [-0.2, -0.15) is 4.31 Å². The van der Waals surface area contributed by atoms with Crippen molar-refractivity contribution in [3.05, 3.63) is 47.1 Å². The number of halogens is 1. The van der Waals surface area contributed by atoms with Crippen LogP contribution in [0, 0.1) is 0 Å². The van der Waals surface area contributed by atoms with Crippen molar-refractivity contribution >= 4 is 39.0 Å². The topological polar surface area (TPSA) is 82.6 Å². The third-order valence-corrected chi connectivity index (χ3v) is 7.73. The number of carbonyl (C=O) groups excluding carboxylic acids is 1. The smallest absolute Gasteiger partial charge is 0.259 e. The highest BCUT2D eigenvalue weighted by atomic mass is 35.5. The van der Waals surface area contributed by atoms with Gasteiger partial charge in [-0.3, -0.25) is 4.79 Å². The van der Waals surface area contributed by atoms with Crippen molar-refractivity contribution in [3.63, 3.8) is 0 Å². The van der Waals surface area contributed by atoms with Gasteiger partial charge in [0.15, 0.2) is 0 Å². The summed E-state index contributed by atoms with van der Waals surface area (Å²) in [5.41, 5.74) is 0.825. The Morgan fingerprint density at radius 2 is 1.87 bits per heavy atom. The molecule has 1 aliphatic rings. The number of nitrogens with zero attached hydrogens (tertiary/aromatic N) is 3. The largest absolute Gasteiger partial charge is 0.356 e. The molecule has 30 heavy (non-hydrogen) atoms. The Morgan fingerprint density at radius 1 is 1.17 bits per heavy atom. The number of aromatic nitrogens is 1. The highest BCUT2D eigenvalue weighted by Gasteiger charge is 2.25. The maximum absolute atomic E-state index is 13.0. The van der Waals surface area contributed by atoms with E-state index in [0.29, 0.717) is 30.2 Å². The summed E-state index contributed by atoms with van der Waals surface area (Å²) in [5.74, 6) is 0.317. The number of sulfonamides is 1. The quantitative estimate of drug-likeness (QED) is 0.689. The Bertz CT molecular complexity index is 1000. The molecule has 1 saturated heterocycles. The van der Waals surface area contributed by atoms with E-state index in [0.717, 1.165) is 25.9 Å². The van der Waals surface area contributed by atoms with Gasteiger partial charge in [0.05, 0.1) is 10.6 Å². The van der Waals surface area contributed by atoms with Gasteiger partial charge in [-0.25, -0.2) is 13.4 Å². The van der Waals surface area contributed by atoms with Crippen LogP contribution in [-0.2, 0) is 10.0 Å². The summed E-state index contributed by atoms with van der Waals surface area (Å²) < 4.78 is 27.1. The third kappa shape index (κ3) is 4.77. The zero-order valence-corrected chi connectivity index (χ0v) is 18.8. The molecule has 0 aliphatic carbocycles. The van der Waals surface area contributed by atoms with Crippen molar-refractivity contribution in [2.75, 3.05) is 36.4 Å². The molecule has 1 aliphatic heterocycles. The van der Waals surface area contributed by atoms with Crippen LogP contribution in [0.1, 0.15) is 43.5 Å². The van der Waals surface area contributed by atoms with E-state index >= 15 is 0 Å². The van der Waals surface area contributed by atoms with Gasteiger partial charge < -0.3 is 10.2 Å². The molecule has 1 aromatic carbocycles. The van der Waals surface area contributed by atoms with Crippen LogP contribution < -0.4 is 10.2 Å². The molecule has 0 unspecified atom stereocenters. The van der Waals surface area contributed by atoms with E-state index in [4.69, 9.17) is 11.6 Å². The fraction of sp³-hybridized carbons (Fsp3) is 0.429. The molecule has 2 heterocycles. The van der Waals surface area contributed by atoms with Crippen LogP contribution >= 0.6 is 11.6 Å². The van der Waals surface area contributed by atoms with Crippen molar-refractivity contribution in [3.8, 4) is 0 Å². The van der Waals surface area contributed by atoms with E-state index in [9.17, 15) is 13.2 Å². The number of hydrogen-bond acceptors (Lipinski definition) is 5. The van der Waals surface area contributed by atoms with Gasteiger partial charge >= 0.3 is 0 Å². The van der Waals surface area contributed by atoms with Crippen LogP contribution in [0.15, 0.2) is 41.4 Å². The highest BCUT2D eigenvalue weighted by molar-refractivity contribution is 7.89. The van der Waals surface area contributed by atoms with Crippen LogP contribution in [0.3, 0.4) is 0 Å². The lowest BCUT2D eigenvalue weighted by atomic mass is 10.1. The molecular formula is C21H27ClN4O3S. The Hall–Kier alpha value is -2.16.